The summed E-state index contributed by atoms with van der Waals surface area (Å²) in [6.45, 7) is -0.417. The summed E-state index contributed by atoms with van der Waals surface area (Å²) in [7, 11) is 0. The summed E-state index contributed by atoms with van der Waals surface area (Å²) in [5.74, 6) is -0.593. The maximum Gasteiger partial charge on any atom is 0.312 e. The lowest BCUT2D eigenvalue weighted by Crippen LogP contribution is -2.24. The zero-order valence-corrected chi connectivity index (χ0v) is 14.5. The Hall–Kier alpha value is -2.45. The number of nitro benzene ring substituents is 1. The Balaban J connectivity index is 1.89. The van der Waals surface area contributed by atoms with Gasteiger partial charge in [-0.1, -0.05) is 39.7 Å². The molecule has 0 radical (unpaired) electrons. The number of nitrogens with one attached hydrogen (secondary N) is 1. The standard InChI is InChI=1S/C15H11BrClN3O4/c16-11-3-1-10(2-4-11)8-18-19-15(21)9-24-14-6-5-12(17)7-13(14)20(22)23/h1-8H,9H2,(H,19,21)/b18-8-. The molecule has 0 spiro atoms. The van der Waals surface area contributed by atoms with Gasteiger partial charge in [0.05, 0.1) is 11.1 Å². The van der Waals surface area contributed by atoms with Crippen molar-refractivity contribution in [2.75, 3.05) is 6.61 Å². The lowest BCUT2D eigenvalue weighted by molar-refractivity contribution is -0.385. The molecule has 0 aromatic heterocycles. The number of ether oxygens (including phenoxy) is 1. The number of benzene rings is 2. The molecule has 0 bridgehead atoms. The summed E-state index contributed by atoms with van der Waals surface area (Å²) in [5.41, 5.74) is 2.76. The normalized spacial score (nSPS) is 10.6. The van der Waals surface area contributed by atoms with Crippen LogP contribution >= 0.6 is 27.5 Å². The summed E-state index contributed by atoms with van der Waals surface area (Å²) in [6.07, 6.45) is 1.47. The average Bonchev–Trinajstić information content (AvgIpc) is 2.55. The smallest absolute Gasteiger partial charge is 0.312 e. The fourth-order valence-corrected chi connectivity index (χ4v) is 2.09. The van der Waals surface area contributed by atoms with E-state index in [1.807, 2.05) is 24.3 Å². The van der Waals surface area contributed by atoms with Crippen molar-refractivity contribution in [1.82, 2.24) is 5.43 Å². The largest absolute Gasteiger partial charge is 0.477 e. The molecule has 0 unspecified atom stereocenters. The quantitative estimate of drug-likeness (QED) is 0.446. The van der Waals surface area contributed by atoms with Crippen molar-refractivity contribution in [3.05, 3.63) is 67.6 Å². The molecule has 0 aliphatic rings. The van der Waals surface area contributed by atoms with Crippen molar-refractivity contribution in [3.63, 3.8) is 0 Å². The zero-order chi connectivity index (χ0) is 17.5. The molecule has 0 saturated carbocycles. The molecule has 0 heterocycles. The number of nitrogens with zero attached hydrogens (tertiary/aromatic N) is 2. The van der Waals surface area contributed by atoms with Crippen molar-refractivity contribution in [3.8, 4) is 5.75 Å². The van der Waals surface area contributed by atoms with Crippen LogP contribution in [0, 0.1) is 10.1 Å². The van der Waals surface area contributed by atoms with Gasteiger partial charge in [0.15, 0.2) is 12.4 Å². The predicted octanol–water partition coefficient (Wildman–Crippen LogP) is 3.54. The number of rotatable bonds is 6. The molecule has 24 heavy (non-hydrogen) atoms. The molecule has 0 aliphatic heterocycles. The minimum atomic E-state index is -0.634. The Morgan fingerprint density at radius 2 is 2.04 bits per heavy atom. The van der Waals surface area contributed by atoms with E-state index in [2.05, 4.69) is 26.5 Å². The number of halogens is 2. The summed E-state index contributed by atoms with van der Waals surface area (Å²) in [6, 6.07) is 11.2. The molecule has 0 atom stereocenters. The number of carbonyl (C=O) groups is 1. The second kappa shape index (κ2) is 8.42. The number of amides is 1. The molecular weight excluding hydrogens is 402 g/mol. The van der Waals surface area contributed by atoms with Crippen LogP contribution < -0.4 is 10.2 Å². The molecule has 1 N–H and O–H groups in total. The van der Waals surface area contributed by atoms with Gasteiger partial charge in [0, 0.05) is 15.6 Å². The predicted molar refractivity (Wildman–Crippen MR) is 93.5 cm³/mol. The van der Waals surface area contributed by atoms with Gasteiger partial charge in [-0.05, 0) is 29.8 Å². The Labute approximate surface area is 150 Å². The molecule has 2 aromatic rings. The van der Waals surface area contributed by atoms with Gasteiger partial charge in [0.25, 0.3) is 5.91 Å². The minimum Gasteiger partial charge on any atom is -0.477 e. The van der Waals surface area contributed by atoms with E-state index in [-0.39, 0.29) is 16.5 Å². The Kier molecular flexibility index (Phi) is 6.28. The number of hydrogen-bond acceptors (Lipinski definition) is 5. The first kappa shape index (κ1) is 17.9. The van der Waals surface area contributed by atoms with Crippen LogP contribution in [0.3, 0.4) is 0 Å². The molecule has 1 amide bonds. The Bertz CT molecular complexity index is 781. The second-order valence-corrected chi connectivity index (χ2v) is 5.85. The Morgan fingerprint density at radius 3 is 2.71 bits per heavy atom. The van der Waals surface area contributed by atoms with E-state index in [1.54, 1.807) is 0 Å². The van der Waals surface area contributed by atoms with Crippen LogP contribution in [0.1, 0.15) is 5.56 Å². The van der Waals surface area contributed by atoms with Crippen molar-refractivity contribution in [1.29, 1.82) is 0 Å². The van der Waals surface area contributed by atoms with Crippen LogP contribution in [0.4, 0.5) is 5.69 Å². The Morgan fingerprint density at radius 1 is 1.33 bits per heavy atom. The highest BCUT2D eigenvalue weighted by Gasteiger charge is 2.16. The third-order valence-corrected chi connectivity index (χ3v) is 3.51. The van der Waals surface area contributed by atoms with Crippen LogP contribution in [-0.4, -0.2) is 23.7 Å². The van der Waals surface area contributed by atoms with Crippen molar-refractivity contribution >= 4 is 45.3 Å². The molecule has 124 valence electrons. The number of nitro groups is 1. The van der Waals surface area contributed by atoms with E-state index >= 15 is 0 Å². The van der Waals surface area contributed by atoms with E-state index in [0.29, 0.717) is 0 Å². The first-order valence-corrected chi connectivity index (χ1v) is 7.77. The lowest BCUT2D eigenvalue weighted by Gasteiger charge is -2.05. The van der Waals surface area contributed by atoms with Crippen LogP contribution in [-0.2, 0) is 4.79 Å². The molecule has 0 aliphatic carbocycles. The fraction of sp³-hybridized carbons (Fsp3) is 0.0667. The van der Waals surface area contributed by atoms with Gasteiger partial charge >= 0.3 is 5.69 Å². The average molecular weight is 413 g/mol. The van der Waals surface area contributed by atoms with Crippen LogP contribution in [0.25, 0.3) is 0 Å². The molecular formula is C15H11BrClN3O4. The maximum atomic E-state index is 11.7. The highest BCUT2D eigenvalue weighted by Crippen LogP contribution is 2.29. The van der Waals surface area contributed by atoms with Gasteiger partial charge in [-0.3, -0.25) is 14.9 Å². The van der Waals surface area contributed by atoms with Crippen molar-refractivity contribution in [2.45, 2.75) is 0 Å². The molecule has 7 nitrogen and oxygen atoms in total. The first-order chi connectivity index (χ1) is 11.5. The number of hydrazone groups is 1. The molecule has 2 rings (SSSR count). The van der Waals surface area contributed by atoms with Crippen molar-refractivity contribution < 1.29 is 14.5 Å². The molecule has 2 aromatic carbocycles. The molecule has 0 fully saturated rings. The summed E-state index contributed by atoms with van der Waals surface area (Å²) < 4.78 is 6.07. The van der Waals surface area contributed by atoms with Crippen LogP contribution in [0.15, 0.2) is 52.0 Å². The van der Waals surface area contributed by atoms with E-state index in [9.17, 15) is 14.9 Å². The summed E-state index contributed by atoms with van der Waals surface area (Å²) in [4.78, 5) is 21.9. The monoisotopic (exact) mass is 411 g/mol. The molecule has 0 saturated heterocycles. The fourth-order valence-electron chi connectivity index (χ4n) is 1.66. The highest BCUT2D eigenvalue weighted by atomic mass is 79.9. The van der Waals surface area contributed by atoms with E-state index < -0.39 is 17.4 Å². The van der Waals surface area contributed by atoms with Gasteiger partial charge < -0.3 is 4.74 Å². The third-order valence-electron chi connectivity index (χ3n) is 2.75. The lowest BCUT2D eigenvalue weighted by atomic mass is 10.2. The number of carbonyl (C=O) groups excluding carboxylic acids is 1. The van der Waals surface area contributed by atoms with Gasteiger partial charge in [0.1, 0.15) is 0 Å². The minimum absolute atomic E-state index is 0.0450. The van der Waals surface area contributed by atoms with Crippen LogP contribution in [0.5, 0.6) is 5.75 Å². The maximum absolute atomic E-state index is 11.7. The third kappa shape index (κ3) is 5.32. The number of hydrogen-bond donors (Lipinski definition) is 1. The highest BCUT2D eigenvalue weighted by molar-refractivity contribution is 9.10. The SMILES string of the molecule is O=C(COc1ccc(Cl)cc1[N+](=O)[O-])N/N=C\c1ccc(Br)cc1. The van der Waals surface area contributed by atoms with E-state index in [1.165, 1.54) is 18.3 Å². The zero-order valence-electron chi connectivity index (χ0n) is 12.1. The van der Waals surface area contributed by atoms with Gasteiger partial charge in [0.2, 0.25) is 0 Å². The summed E-state index contributed by atoms with van der Waals surface area (Å²) >= 11 is 9.01. The molecule has 9 heteroatoms. The first-order valence-electron chi connectivity index (χ1n) is 6.60. The summed E-state index contributed by atoms with van der Waals surface area (Å²) in [5, 5.41) is 14.9. The van der Waals surface area contributed by atoms with Gasteiger partial charge in [-0.25, -0.2) is 5.43 Å². The topological polar surface area (TPSA) is 93.8 Å². The second-order valence-electron chi connectivity index (χ2n) is 4.50. The van der Waals surface area contributed by atoms with E-state index in [4.69, 9.17) is 16.3 Å². The van der Waals surface area contributed by atoms with Crippen molar-refractivity contribution in [2.24, 2.45) is 5.10 Å². The van der Waals surface area contributed by atoms with E-state index in [0.717, 1.165) is 16.1 Å². The van der Waals surface area contributed by atoms with Crippen LogP contribution in [0.2, 0.25) is 5.02 Å². The van der Waals surface area contributed by atoms with Gasteiger partial charge in [-0.2, -0.15) is 5.10 Å². The van der Waals surface area contributed by atoms with Gasteiger partial charge in [-0.15, -0.1) is 0 Å².